The molecule has 0 aromatic carbocycles. The van der Waals surface area contributed by atoms with Crippen molar-refractivity contribution in [1.82, 2.24) is 4.90 Å². The molecular weight excluding hydrogens is 172 g/mol. The second kappa shape index (κ2) is 4.63. The van der Waals surface area contributed by atoms with Crippen molar-refractivity contribution in [2.45, 2.75) is 57.5 Å². The predicted octanol–water partition coefficient (Wildman–Crippen LogP) is 1.99. The molecule has 2 rings (SSSR count). The van der Waals surface area contributed by atoms with Gasteiger partial charge in [-0.3, -0.25) is 4.90 Å². The van der Waals surface area contributed by atoms with Crippen LogP contribution in [0.25, 0.3) is 0 Å². The van der Waals surface area contributed by atoms with Gasteiger partial charge in [0.2, 0.25) is 0 Å². The molecule has 0 bridgehead atoms. The maximum atomic E-state index is 5.78. The summed E-state index contributed by atoms with van der Waals surface area (Å²) in [5.74, 6) is 0.807. The number of likely N-dealkylation sites (tertiary alicyclic amines) is 1. The van der Waals surface area contributed by atoms with Crippen LogP contribution < -0.4 is 5.73 Å². The van der Waals surface area contributed by atoms with Crippen LogP contribution in [0.5, 0.6) is 0 Å². The van der Waals surface area contributed by atoms with Crippen molar-refractivity contribution in [3.8, 4) is 0 Å². The molecule has 1 saturated heterocycles. The maximum absolute atomic E-state index is 5.78. The fourth-order valence-electron chi connectivity index (χ4n) is 3.28. The van der Waals surface area contributed by atoms with Gasteiger partial charge in [0, 0.05) is 12.1 Å². The fraction of sp³-hybridized carbons (Fsp3) is 1.00. The Morgan fingerprint density at radius 1 is 1.21 bits per heavy atom. The van der Waals surface area contributed by atoms with Gasteiger partial charge < -0.3 is 5.73 Å². The van der Waals surface area contributed by atoms with Crippen LogP contribution in [-0.4, -0.2) is 30.1 Å². The molecule has 3 atom stereocenters. The van der Waals surface area contributed by atoms with E-state index in [4.69, 9.17) is 5.73 Å². The molecule has 2 N–H and O–H groups in total. The molecule has 3 unspecified atom stereocenters. The zero-order chi connectivity index (χ0) is 9.97. The second-order valence-corrected chi connectivity index (χ2v) is 5.15. The minimum Gasteiger partial charge on any atom is -0.330 e. The highest BCUT2D eigenvalue weighted by atomic mass is 15.2. The lowest BCUT2D eigenvalue weighted by Crippen LogP contribution is -2.41. The van der Waals surface area contributed by atoms with E-state index in [0.29, 0.717) is 0 Å². The molecule has 1 saturated carbocycles. The Bertz CT molecular complexity index is 181. The third-order valence-corrected chi connectivity index (χ3v) is 4.16. The zero-order valence-corrected chi connectivity index (χ0v) is 9.41. The van der Waals surface area contributed by atoms with Crippen LogP contribution in [0, 0.1) is 5.92 Å². The van der Waals surface area contributed by atoms with Gasteiger partial charge in [0.25, 0.3) is 0 Å². The molecule has 2 heteroatoms. The van der Waals surface area contributed by atoms with E-state index in [1.807, 2.05) is 0 Å². The van der Waals surface area contributed by atoms with Crippen LogP contribution in [0.15, 0.2) is 0 Å². The molecule has 1 aliphatic heterocycles. The van der Waals surface area contributed by atoms with Gasteiger partial charge in [0.05, 0.1) is 0 Å². The molecule has 1 heterocycles. The normalized spacial score (nSPS) is 40.3. The maximum Gasteiger partial charge on any atom is 0.0101 e. The topological polar surface area (TPSA) is 29.3 Å². The van der Waals surface area contributed by atoms with E-state index >= 15 is 0 Å². The van der Waals surface area contributed by atoms with Gasteiger partial charge in [0.15, 0.2) is 0 Å². The highest BCUT2D eigenvalue weighted by Crippen LogP contribution is 2.31. The first-order valence-corrected chi connectivity index (χ1v) is 6.27. The van der Waals surface area contributed by atoms with Crippen molar-refractivity contribution in [1.29, 1.82) is 0 Å². The first-order chi connectivity index (χ1) is 6.81. The molecule has 1 aliphatic carbocycles. The van der Waals surface area contributed by atoms with Gasteiger partial charge in [0.1, 0.15) is 0 Å². The Morgan fingerprint density at radius 2 is 2.07 bits per heavy atom. The third kappa shape index (κ3) is 2.12. The Morgan fingerprint density at radius 3 is 2.71 bits per heavy atom. The summed E-state index contributed by atoms with van der Waals surface area (Å²) in [5.41, 5.74) is 5.78. The van der Waals surface area contributed by atoms with Crippen molar-refractivity contribution in [2.75, 3.05) is 13.1 Å². The van der Waals surface area contributed by atoms with Crippen LogP contribution in [0.1, 0.15) is 45.4 Å². The second-order valence-electron chi connectivity index (χ2n) is 5.15. The lowest BCUT2D eigenvalue weighted by Gasteiger charge is -2.37. The average Bonchev–Trinajstić information content (AvgIpc) is 2.65. The summed E-state index contributed by atoms with van der Waals surface area (Å²) in [6, 6.07) is 1.69. The molecule has 0 spiro atoms. The largest absolute Gasteiger partial charge is 0.330 e. The summed E-state index contributed by atoms with van der Waals surface area (Å²) < 4.78 is 0. The van der Waals surface area contributed by atoms with Crippen molar-refractivity contribution in [3.05, 3.63) is 0 Å². The van der Waals surface area contributed by atoms with E-state index in [0.717, 1.165) is 24.5 Å². The standard InChI is InChI=1S/C12H24N2/c1-10-4-3-7-14(10)12-6-2-5-11(8-12)9-13/h10-12H,2-9,13H2,1H3. The summed E-state index contributed by atoms with van der Waals surface area (Å²) >= 11 is 0. The summed E-state index contributed by atoms with van der Waals surface area (Å²) in [6.45, 7) is 4.63. The first kappa shape index (κ1) is 10.4. The van der Waals surface area contributed by atoms with Gasteiger partial charge in [-0.25, -0.2) is 0 Å². The molecule has 0 aromatic rings. The van der Waals surface area contributed by atoms with E-state index in [2.05, 4.69) is 11.8 Å². The zero-order valence-electron chi connectivity index (χ0n) is 9.41. The van der Waals surface area contributed by atoms with Crippen LogP contribution in [-0.2, 0) is 0 Å². The lowest BCUT2D eigenvalue weighted by atomic mass is 9.85. The van der Waals surface area contributed by atoms with Crippen molar-refractivity contribution in [3.63, 3.8) is 0 Å². The summed E-state index contributed by atoms with van der Waals surface area (Å²) in [4.78, 5) is 2.74. The van der Waals surface area contributed by atoms with Crippen LogP contribution >= 0.6 is 0 Å². The summed E-state index contributed by atoms with van der Waals surface area (Å²) in [6.07, 6.45) is 8.36. The molecule has 2 fully saturated rings. The lowest BCUT2D eigenvalue weighted by molar-refractivity contribution is 0.126. The minimum atomic E-state index is 0.807. The molecule has 14 heavy (non-hydrogen) atoms. The van der Waals surface area contributed by atoms with Gasteiger partial charge in [-0.05, 0) is 58.0 Å². The first-order valence-electron chi connectivity index (χ1n) is 6.27. The van der Waals surface area contributed by atoms with E-state index in [9.17, 15) is 0 Å². The van der Waals surface area contributed by atoms with Crippen LogP contribution in [0.4, 0.5) is 0 Å². The number of nitrogens with two attached hydrogens (primary N) is 1. The van der Waals surface area contributed by atoms with E-state index in [1.54, 1.807) is 0 Å². The molecule has 0 aromatic heterocycles. The van der Waals surface area contributed by atoms with Gasteiger partial charge in [-0.2, -0.15) is 0 Å². The summed E-state index contributed by atoms with van der Waals surface area (Å²) in [5, 5.41) is 0. The molecule has 2 nitrogen and oxygen atoms in total. The highest BCUT2D eigenvalue weighted by molar-refractivity contribution is 4.86. The van der Waals surface area contributed by atoms with Crippen molar-refractivity contribution >= 4 is 0 Å². The van der Waals surface area contributed by atoms with E-state index < -0.39 is 0 Å². The highest BCUT2D eigenvalue weighted by Gasteiger charge is 2.31. The number of nitrogens with zero attached hydrogens (tertiary/aromatic N) is 1. The van der Waals surface area contributed by atoms with Gasteiger partial charge in [-0.1, -0.05) is 6.42 Å². The minimum absolute atomic E-state index is 0.807. The third-order valence-electron chi connectivity index (χ3n) is 4.16. The summed E-state index contributed by atoms with van der Waals surface area (Å²) in [7, 11) is 0. The monoisotopic (exact) mass is 196 g/mol. The number of rotatable bonds is 2. The SMILES string of the molecule is CC1CCCN1C1CCCC(CN)C1. The van der Waals surface area contributed by atoms with Crippen LogP contribution in [0.2, 0.25) is 0 Å². The molecular formula is C12H24N2. The molecule has 0 radical (unpaired) electrons. The van der Waals surface area contributed by atoms with Crippen molar-refractivity contribution < 1.29 is 0 Å². The molecule has 82 valence electrons. The van der Waals surface area contributed by atoms with Crippen LogP contribution in [0.3, 0.4) is 0 Å². The Labute approximate surface area is 87.8 Å². The number of hydrogen-bond acceptors (Lipinski definition) is 2. The van der Waals surface area contributed by atoms with Crippen molar-refractivity contribution in [2.24, 2.45) is 11.7 Å². The Balaban J connectivity index is 1.90. The molecule has 0 amide bonds. The molecule has 2 aliphatic rings. The van der Waals surface area contributed by atoms with Gasteiger partial charge >= 0.3 is 0 Å². The fourth-order valence-corrected chi connectivity index (χ4v) is 3.28. The quantitative estimate of drug-likeness (QED) is 0.732. The van der Waals surface area contributed by atoms with Gasteiger partial charge in [-0.15, -0.1) is 0 Å². The Kier molecular flexibility index (Phi) is 3.45. The smallest absolute Gasteiger partial charge is 0.0101 e. The van der Waals surface area contributed by atoms with E-state index in [-0.39, 0.29) is 0 Å². The van der Waals surface area contributed by atoms with E-state index in [1.165, 1.54) is 45.1 Å². The average molecular weight is 196 g/mol. The predicted molar refractivity (Wildman–Crippen MR) is 60.2 cm³/mol. The number of hydrogen-bond donors (Lipinski definition) is 1. The Hall–Kier alpha value is -0.0800.